The second-order valence-corrected chi connectivity index (χ2v) is 3.84. The van der Waals surface area contributed by atoms with Crippen LogP contribution in [0.5, 0.6) is 0 Å². The molecule has 0 radical (unpaired) electrons. The molecule has 2 unspecified atom stereocenters. The zero-order chi connectivity index (χ0) is 9.97. The lowest BCUT2D eigenvalue weighted by molar-refractivity contribution is 0.124. The number of nitrogens with one attached hydrogen (secondary N) is 1. The fourth-order valence-corrected chi connectivity index (χ4v) is 2.11. The Morgan fingerprint density at radius 1 is 1.57 bits per heavy atom. The van der Waals surface area contributed by atoms with E-state index in [2.05, 4.69) is 5.32 Å². The fourth-order valence-electron chi connectivity index (χ4n) is 2.11. The third-order valence-electron chi connectivity index (χ3n) is 2.90. The summed E-state index contributed by atoms with van der Waals surface area (Å²) in [4.78, 5) is 13.2. The van der Waals surface area contributed by atoms with Gasteiger partial charge in [-0.1, -0.05) is 0 Å². The molecule has 0 aromatic rings. The van der Waals surface area contributed by atoms with Gasteiger partial charge in [-0.3, -0.25) is 10.2 Å². The monoisotopic (exact) mass is 199 g/mol. The summed E-state index contributed by atoms with van der Waals surface area (Å²) in [5.41, 5.74) is 5.59. The van der Waals surface area contributed by atoms with Gasteiger partial charge in [0, 0.05) is 6.54 Å². The lowest BCUT2D eigenvalue weighted by Crippen LogP contribution is -2.53. The minimum absolute atomic E-state index is 0.0538. The van der Waals surface area contributed by atoms with Crippen LogP contribution in [0.1, 0.15) is 19.3 Å². The van der Waals surface area contributed by atoms with Crippen molar-refractivity contribution in [3.05, 3.63) is 0 Å². The van der Waals surface area contributed by atoms with E-state index in [4.69, 9.17) is 10.5 Å². The maximum absolute atomic E-state index is 11.5. The van der Waals surface area contributed by atoms with Gasteiger partial charge in [0.2, 0.25) is 0 Å². The Balaban J connectivity index is 2.01. The number of carbonyl (C=O) groups is 1. The first kappa shape index (κ1) is 9.73. The number of hydrogen-bond donors (Lipinski definition) is 2. The van der Waals surface area contributed by atoms with Gasteiger partial charge >= 0.3 is 6.09 Å². The molecule has 0 aliphatic carbocycles. The van der Waals surface area contributed by atoms with Gasteiger partial charge in [-0.25, -0.2) is 4.79 Å². The molecule has 0 aromatic heterocycles. The van der Waals surface area contributed by atoms with Gasteiger partial charge in [-0.2, -0.15) is 0 Å². The molecule has 2 heterocycles. The van der Waals surface area contributed by atoms with Crippen molar-refractivity contribution < 1.29 is 9.53 Å². The molecule has 1 amide bonds. The van der Waals surface area contributed by atoms with E-state index in [9.17, 15) is 4.79 Å². The summed E-state index contributed by atoms with van der Waals surface area (Å²) in [6, 6.07) is 0.0538. The minimum atomic E-state index is -0.222. The molecular weight excluding hydrogens is 182 g/mol. The number of rotatable bonds is 2. The highest BCUT2D eigenvalue weighted by Crippen LogP contribution is 2.19. The average molecular weight is 199 g/mol. The van der Waals surface area contributed by atoms with E-state index < -0.39 is 0 Å². The molecule has 2 aliphatic rings. The van der Waals surface area contributed by atoms with Crippen LogP contribution in [-0.2, 0) is 4.74 Å². The van der Waals surface area contributed by atoms with Crippen LogP contribution in [0.25, 0.3) is 0 Å². The van der Waals surface area contributed by atoms with Crippen molar-refractivity contribution in [2.75, 3.05) is 19.7 Å². The molecule has 5 nitrogen and oxygen atoms in total. The van der Waals surface area contributed by atoms with Gasteiger partial charge in [0.15, 0.2) is 0 Å². The van der Waals surface area contributed by atoms with Gasteiger partial charge < -0.3 is 10.5 Å². The van der Waals surface area contributed by atoms with E-state index >= 15 is 0 Å². The Hall–Kier alpha value is -0.810. The Bertz CT molecular complexity index is 216. The number of nitrogens with zero attached hydrogens (tertiary/aromatic N) is 1. The van der Waals surface area contributed by atoms with Crippen LogP contribution in [0.2, 0.25) is 0 Å². The largest absolute Gasteiger partial charge is 0.447 e. The number of piperidine rings is 1. The van der Waals surface area contributed by atoms with Gasteiger partial charge in [0.05, 0.1) is 12.2 Å². The number of amides is 1. The molecule has 14 heavy (non-hydrogen) atoms. The summed E-state index contributed by atoms with van der Waals surface area (Å²) >= 11 is 0. The maximum Gasteiger partial charge on any atom is 0.411 e. The molecule has 2 atom stereocenters. The first-order valence-electron chi connectivity index (χ1n) is 5.21. The standard InChI is InChI=1S/C9H17N3O2/c10-5-7-6-14-9(13)12(7)8-3-1-2-4-11-8/h7-8,11H,1-6,10H2. The highest BCUT2D eigenvalue weighted by atomic mass is 16.6. The van der Waals surface area contributed by atoms with Crippen molar-refractivity contribution in [2.45, 2.75) is 31.5 Å². The predicted molar refractivity (Wildman–Crippen MR) is 51.7 cm³/mol. The molecule has 0 saturated carbocycles. The van der Waals surface area contributed by atoms with Gasteiger partial charge in [-0.05, 0) is 25.8 Å². The zero-order valence-corrected chi connectivity index (χ0v) is 8.24. The average Bonchev–Trinajstić information content (AvgIpc) is 2.61. The third-order valence-corrected chi connectivity index (χ3v) is 2.90. The highest BCUT2D eigenvalue weighted by molar-refractivity contribution is 5.70. The van der Waals surface area contributed by atoms with Crippen LogP contribution in [0.3, 0.4) is 0 Å². The molecule has 0 aromatic carbocycles. The molecule has 3 N–H and O–H groups in total. The van der Waals surface area contributed by atoms with Gasteiger partial charge in [0.1, 0.15) is 6.61 Å². The van der Waals surface area contributed by atoms with E-state index in [0.29, 0.717) is 13.2 Å². The van der Waals surface area contributed by atoms with Crippen LogP contribution in [0.15, 0.2) is 0 Å². The lowest BCUT2D eigenvalue weighted by Gasteiger charge is -2.33. The Kier molecular flexibility index (Phi) is 2.88. The van der Waals surface area contributed by atoms with E-state index in [0.717, 1.165) is 13.0 Å². The molecule has 0 bridgehead atoms. The SMILES string of the molecule is NCC1COC(=O)N1C1CCCCN1. The van der Waals surface area contributed by atoms with Crippen LogP contribution in [-0.4, -0.2) is 42.9 Å². The second-order valence-electron chi connectivity index (χ2n) is 3.84. The number of hydrogen-bond acceptors (Lipinski definition) is 4. The van der Waals surface area contributed by atoms with E-state index in [1.165, 1.54) is 12.8 Å². The lowest BCUT2D eigenvalue weighted by atomic mass is 10.1. The predicted octanol–water partition coefficient (Wildman–Crippen LogP) is -0.135. The summed E-state index contributed by atoms with van der Waals surface area (Å²) in [6.07, 6.45) is 3.27. The summed E-state index contributed by atoms with van der Waals surface area (Å²) in [5.74, 6) is 0. The van der Waals surface area contributed by atoms with Gasteiger partial charge in [-0.15, -0.1) is 0 Å². The molecule has 2 fully saturated rings. The molecular formula is C9H17N3O2. The summed E-state index contributed by atoms with van der Waals surface area (Å²) in [6.45, 7) is 1.89. The number of nitrogens with two attached hydrogens (primary N) is 1. The Labute approximate surface area is 83.6 Å². The molecule has 2 saturated heterocycles. The van der Waals surface area contributed by atoms with Crippen LogP contribution in [0.4, 0.5) is 4.79 Å². The quantitative estimate of drug-likeness (QED) is 0.650. The number of carbonyl (C=O) groups excluding carboxylic acids is 1. The molecule has 5 heteroatoms. The summed E-state index contributed by atoms with van der Waals surface area (Å²) in [7, 11) is 0. The highest BCUT2D eigenvalue weighted by Gasteiger charge is 2.37. The summed E-state index contributed by atoms with van der Waals surface area (Å²) < 4.78 is 4.99. The van der Waals surface area contributed by atoms with Crippen LogP contribution < -0.4 is 11.1 Å². The Morgan fingerprint density at radius 3 is 3.07 bits per heavy atom. The van der Waals surface area contributed by atoms with Crippen molar-refractivity contribution >= 4 is 6.09 Å². The molecule has 0 spiro atoms. The van der Waals surface area contributed by atoms with Crippen molar-refractivity contribution in [3.63, 3.8) is 0 Å². The van der Waals surface area contributed by atoms with Crippen molar-refractivity contribution in [2.24, 2.45) is 5.73 Å². The van der Waals surface area contributed by atoms with Crippen molar-refractivity contribution in [3.8, 4) is 0 Å². The number of cyclic esters (lactones) is 1. The third kappa shape index (κ3) is 1.69. The summed E-state index contributed by atoms with van der Waals surface area (Å²) in [5, 5.41) is 3.33. The fraction of sp³-hybridized carbons (Fsp3) is 0.889. The maximum atomic E-state index is 11.5. The molecule has 2 aliphatic heterocycles. The van der Waals surface area contributed by atoms with Gasteiger partial charge in [0.25, 0.3) is 0 Å². The van der Waals surface area contributed by atoms with E-state index in [1.54, 1.807) is 4.90 Å². The molecule has 80 valence electrons. The van der Waals surface area contributed by atoms with E-state index in [-0.39, 0.29) is 18.3 Å². The zero-order valence-electron chi connectivity index (χ0n) is 8.24. The molecule has 2 rings (SSSR count). The second kappa shape index (κ2) is 4.14. The first-order chi connectivity index (χ1) is 6.83. The van der Waals surface area contributed by atoms with E-state index in [1.807, 2.05) is 0 Å². The van der Waals surface area contributed by atoms with Crippen molar-refractivity contribution in [1.29, 1.82) is 0 Å². The van der Waals surface area contributed by atoms with Crippen LogP contribution >= 0.6 is 0 Å². The number of ether oxygens (including phenoxy) is 1. The normalized spacial score (nSPS) is 33.2. The van der Waals surface area contributed by atoms with Crippen molar-refractivity contribution in [1.82, 2.24) is 10.2 Å². The topological polar surface area (TPSA) is 67.6 Å². The Morgan fingerprint density at radius 2 is 2.43 bits per heavy atom. The minimum Gasteiger partial charge on any atom is -0.447 e. The van der Waals surface area contributed by atoms with Crippen LogP contribution in [0, 0.1) is 0 Å². The first-order valence-corrected chi connectivity index (χ1v) is 5.21. The smallest absolute Gasteiger partial charge is 0.411 e.